The van der Waals surface area contributed by atoms with Gasteiger partial charge in [-0.3, -0.25) is 4.79 Å². The van der Waals surface area contributed by atoms with Crippen molar-refractivity contribution < 1.29 is 14.3 Å². The number of aromatic nitrogens is 1. The van der Waals surface area contributed by atoms with Gasteiger partial charge in [-0.1, -0.05) is 6.07 Å². The van der Waals surface area contributed by atoms with Crippen LogP contribution < -0.4 is 14.8 Å². The lowest BCUT2D eigenvalue weighted by atomic mass is 10.1. The van der Waals surface area contributed by atoms with Gasteiger partial charge in [-0.25, -0.2) is 4.98 Å². The van der Waals surface area contributed by atoms with Crippen molar-refractivity contribution in [1.29, 1.82) is 0 Å². The SMILES string of the molecule is Cc1cccnc1NC(=O)c1cc(Br)c2c(c1)OCCO2. The summed E-state index contributed by atoms with van der Waals surface area (Å²) in [6, 6.07) is 7.10. The Morgan fingerprint density at radius 3 is 2.95 bits per heavy atom. The van der Waals surface area contributed by atoms with Crippen LogP contribution in [0.1, 0.15) is 15.9 Å². The van der Waals surface area contributed by atoms with Crippen LogP contribution in [0.3, 0.4) is 0 Å². The Balaban J connectivity index is 1.88. The van der Waals surface area contributed by atoms with Gasteiger partial charge in [0.1, 0.15) is 19.0 Å². The van der Waals surface area contributed by atoms with Crippen LogP contribution in [-0.4, -0.2) is 24.1 Å². The topological polar surface area (TPSA) is 60.5 Å². The molecular formula is C15H13BrN2O3. The van der Waals surface area contributed by atoms with E-state index in [0.29, 0.717) is 40.6 Å². The second kappa shape index (κ2) is 5.73. The van der Waals surface area contributed by atoms with E-state index in [2.05, 4.69) is 26.2 Å². The maximum Gasteiger partial charge on any atom is 0.257 e. The summed E-state index contributed by atoms with van der Waals surface area (Å²) in [6.07, 6.45) is 1.64. The molecule has 6 heteroatoms. The van der Waals surface area contributed by atoms with E-state index in [9.17, 15) is 4.79 Å². The fourth-order valence-electron chi connectivity index (χ4n) is 2.04. The van der Waals surface area contributed by atoms with Crippen molar-refractivity contribution in [3.8, 4) is 11.5 Å². The molecule has 1 N–H and O–H groups in total. The zero-order chi connectivity index (χ0) is 14.8. The molecule has 0 atom stereocenters. The van der Waals surface area contributed by atoms with Gasteiger partial charge in [0.05, 0.1) is 4.47 Å². The number of amides is 1. The monoisotopic (exact) mass is 348 g/mol. The molecular weight excluding hydrogens is 336 g/mol. The molecule has 2 aromatic rings. The molecule has 0 saturated heterocycles. The molecule has 0 bridgehead atoms. The molecule has 1 aromatic heterocycles. The Kier molecular flexibility index (Phi) is 3.79. The number of carbonyl (C=O) groups is 1. The van der Waals surface area contributed by atoms with Crippen LogP contribution in [0.15, 0.2) is 34.9 Å². The molecule has 5 nitrogen and oxygen atoms in total. The minimum absolute atomic E-state index is 0.241. The van der Waals surface area contributed by atoms with Gasteiger partial charge in [-0.05, 0) is 46.6 Å². The number of hydrogen-bond acceptors (Lipinski definition) is 4. The Labute approximate surface area is 130 Å². The molecule has 1 aromatic carbocycles. The summed E-state index contributed by atoms with van der Waals surface area (Å²) in [5.41, 5.74) is 1.39. The fourth-order valence-corrected chi connectivity index (χ4v) is 2.59. The highest BCUT2D eigenvalue weighted by atomic mass is 79.9. The van der Waals surface area contributed by atoms with E-state index in [1.165, 1.54) is 0 Å². The third-order valence-electron chi connectivity index (χ3n) is 3.10. The van der Waals surface area contributed by atoms with E-state index < -0.39 is 0 Å². The molecule has 1 amide bonds. The number of ether oxygens (including phenoxy) is 2. The maximum absolute atomic E-state index is 12.3. The Bertz CT molecular complexity index is 703. The number of nitrogens with one attached hydrogen (secondary N) is 1. The largest absolute Gasteiger partial charge is 0.486 e. The molecule has 108 valence electrons. The number of carbonyl (C=O) groups excluding carboxylic acids is 1. The third-order valence-corrected chi connectivity index (χ3v) is 3.69. The second-order valence-electron chi connectivity index (χ2n) is 4.61. The number of aryl methyl sites for hydroxylation is 1. The lowest BCUT2D eigenvalue weighted by Gasteiger charge is -2.20. The van der Waals surface area contributed by atoms with Crippen molar-refractivity contribution in [2.45, 2.75) is 6.92 Å². The smallest absolute Gasteiger partial charge is 0.257 e. The first-order valence-corrected chi connectivity index (χ1v) is 7.26. The van der Waals surface area contributed by atoms with Gasteiger partial charge in [0.15, 0.2) is 11.5 Å². The Morgan fingerprint density at radius 1 is 1.33 bits per heavy atom. The summed E-state index contributed by atoms with van der Waals surface area (Å²) in [5, 5.41) is 2.79. The molecule has 1 aliphatic heterocycles. The van der Waals surface area contributed by atoms with Crippen LogP contribution in [-0.2, 0) is 0 Å². The van der Waals surface area contributed by atoms with Crippen LogP contribution in [0.5, 0.6) is 11.5 Å². The molecule has 0 unspecified atom stereocenters. The number of anilines is 1. The number of benzene rings is 1. The summed E-state index contributed by atoms with van der Waals surface area (Å²) < 4.78 is 11.7. The zero-order valence-corrected chi connectivity index (χ0v) is 12.9. The van der Waals surface area contributed by atoms with Crippen LogP contribution in [0.4, 0.5) is 5.82 Å². The minimum Gasteiger partial charge on any atom is -0.486 e. The standard InChI is InChI=1S/C15H13BrN2O3/c1-9-3-2-4-17-14(9)18-15(19)10-7-11(16)13-12(8-10)20-5-6-21-13/h2-4,7-8H,5-6H2,1H3,(H,17,18,19). The number of nitrogens with zero attached hydrogens (tertiary/aromatic N) is 1. The van der Waals surface area contributed by atoms with E-state index in [1.54, 1.807) is 18.3 Å². The van der Waals surface area contributed by atoms with Gasteiger partial charge in [-0.2, -0.15) is 0 Å². The Hall–Kier alpha value is -2.08. The second-order valence-corrected chi connectivity index (χ2v) is 5.46. The van der Waals surface area contributed by atoms with Gasteiger partial charge in [0.2, 0.25) is 0 Å². The number of pyridine rings is 1. The lowest BCUT2D eigenvalue weighted by Crippen LogP contribution is -2.18. The third kappa shape index (κ3) is 2.85. The highest BCUT2D eigenvalue weighted by molar-refractivity contribution is 9.10. The number of rotatable bonds is 2. The average molecular weight is 349 g/mol. The quantitative estimate of drug-likeness (QED) is 0.905. The zero-order valence-electron chi connectivity index (χ0n) is 11.4. The number of halogens is 1. The first-order valence-electron chi connectivity index (χ1n) is 6.47. The van der Waals surface area contributed by atoms with Gasteiger partial charge in [-0.15, -0.1) is 0 Å². The van der Waals surface area contributed by atoms with Crippen LogP contribution in [0.25, 0.3) is 0 Å². The summed E-state index contributed by atoms with van der Waals surface area (Å²) in [6.45, 7) is 2.87. The predicted octanol–water partition coefficient (Wildman–Crippen LogP) is 3.18. The Morgan fingerprint density at radius 2 is 2.14 bits per heavy atom. The molecule has 21 heavy (non-hydrogen) atoms. The van der Waals surface area contributed by atoms with Crippen molar-refractivity contribution in [2.75, 3.05) is 18.5 Å². The van der Waals surface area contributed by atoms with Crippen LogP contribution >= 0.6 is 15.9 Å². The maximum atomic E-state index is 12.3. The van der Waals surface area contributed by atoms with Crippen LogP contribution in [0.2, 0.25) is 0 Å². The number of hydrogen-bond donors (Lipinski definition) is 1. The molecule has 0 spiro atoms. The minimum atomic E-state index is -0.241. The van der Waals surface area contributed by atoms with E-state index in [1.807, 2.05) is 19.1 Å². The van der Waals surface area contributed by atoms with Gasteiger partial charge < -0.3 is 14.8 Å². The van der Waals surface area contributed by atoms with E-state index in [0.717, 1.165) is 5.56 Å². The normalized spacial score (nSPS) is 12.9. The predicted molar refractivity (Wildman–Crippen MR) is 82.1 cm³/mol. The fraction of sp³-hybridized carbons (Fsp3) is 0.200. The first-order chi connectivity index (χ1) is 10.1. The van der Waals surface area contributed by atoms with Crippen molar-refractivity contribution in [3.63, 3.8) is 0 Å². The molecule has 0 fully saturated rings. The molecule has 3 rings (SSSR count). The van der Waals surface area contributed by atoms with E-state index >= 15 is 0 Å². The van der Waals surface area contributed by atoms with Crippen molar-refractivity contribution in [1.82, 2.24) is 4.98 Å². The summed E-state index contributed by atoms with van der Waals surface area (Å²) >= 11 is 3.40. The highest BCUT2D eigenvalue weighted by Gasteiger charge is 2.19. The molecule has 1 aliphatic rings. The van der Waals surface area contributed by atoms with Crippen molar-refractivity contribution in [3.05, 3.63) is 46.1 Å². The summed E-state index contributed by atoms with van der Waals surface area (Å²) in [5.74, 6) is 1.51. The molecule has 2 heterocycles. The van der Waals surface area contributed by atoms with E-state index in [4.69, 9.17) is 9.47 Å². The van der Waals surface area contributed by atoms with Gasteiger partial charge >= 0.3 is 0 Å². The molecule has 0 saturated carbocycles. The highest BCUT2D eigenvalue weighted by Crippen LogP contribution is 2.38. The number of fused-ring (bicyclic) bond motifs is 1. The average Bonchev–Trinajstić information content (AvgIpc) is 2.49. The van der Waals surface area contributed by atoms with Crippen molar-refractivity contribution >= 4 is 27.7 Å². The molecule has 0 radical (unpaired) electrons. The van der Waals surface area contributed by atoms with Crippen molar-refractivity contribution in [2.24, 2.45) is 0 Å². The van der Waals surface area contributed by atoms with E-state index in [-0.39, 0.29) is 5.91 Å². The molecule has 0 aliphatic carbocycles. The first kappa shape index (κ1) is 13.9. The van der Waals surface area contributed by atoms with Gasteiger partial charge in [0.25, 0.3) is 5.91 Å². The van der Waals surface area contributed by atoms with Gasteiger partial charge in [0, 0.05) is 11.8 Å². The van der Waals surface area contributed by atoms with Crippen LogP contribution in [0, 0.1) is 6.92 Å². The lowest BCUT2D eigenvalue weighted by molar-refractivity contribution is 0.102. The summed E-state index contributed by atoms with van der Waals surface area (Å²) in [4.78, 5) is 16.5. The summed E-state index contributed by atoms with van der Waals surface area (Å²) in [7, 11) is 0.